The number of anilines is 2. The van der Waals surface area contributed by atoms with Crippen molar-refractivity contribution in [3.05, 3.63) is 24.5 Å². The van der Waals surface area contributed by atoms with Crippen molar-refractivity contribution in [2.45, 2.75) is 6.92 Å². The SMILES string of the molecule is CCNc1nc(Oc2cccnc2)nc(N(C)C)n1. The van der Waals surface area contributed by atoms with E-state index in [0.29, 0.717) is 17.6 Å². The van der Waals surface area contributed by atoms with Gasteiger partial charge >= 0.3 is 6.01 Å². The van der Waals surface area contributed by atoms with Crippen LogP contribution in [0.15, 0.2) is 24.5 Å². The fourth-order valence-corrected chi connectivity index (χ4v) is 1.34. The first-order chi connectivity index (χ1) is 9.19. The van der Waals surface area contributed by atoms with E-state index in [9.17, 15) is 0 Å². The normalized spacial score (nSPS) is 10.1. The zero-order valence-corrected chi connectivity index (χ0v) is 11.2. The summed E-state index contributed by atoms with van der Waals surface area (Å²) in [6.45, 7) is 2.70. The first-order valence-corrected chi connectivity index (χ1v) is 5.94. The van der Waals surface area contributed by atoms with E-state index < -0.39 is 0 Å². The van der Waals surface area contributed by atoms with Crippen LogP contribution >= 0.6 is 0 Å². The van der Waals surface area contributed by atoms with Gasteiger partial charge in [-0.1, -0.05) is 0 Å². The Bertz CT molecular complexity index is 531. The largest absolute Gasteiger partial charge is 0.422 e. The molecule has 0 unspecified atom stereocenters. The van der Waals surface area contributed by atoms with E-state index >= 15 is 0 Å². The number of nitrogens with zero attached hydrogens (tertiary/aromatic N) is 5. The molecule has 0 saturated heterocycles. The number of pyridine rings is 1. The van der Waals surface area contributed by atoms with Crippen LogP contribution in [0, 0.1) is 0 Å². The summed E-state index contributed by atoms with van der Waals surface area (Å²) in [4.78, 5) is 18.4. The molecular weight excluding hydrogens is 244 g/mol. The Morgan fingerprint density at radius 3 is 2.74 bits per heavy atom. The van der Waals surface area contributed by atoms with Gasteiger partial charge in [0.05, 0.1) is 6.20 Å². The van der Waals surface area contributed by atoms with E-state index in [4.69, 9.17) is 4.74 Å². The zero-order chi connectivity index (χ0) is 13.7. The van der Waals surface area contributed by atoms with Gasteiger partial charge in [-0.05, 0) is 19.1 Å². The van der Waals surface area contributed by atoms with Gasteiger partial charge in [-0.25, -0.2) is 0 Å². The maximum Gasteiger partial charge on any atom is 0.328 e. The highest BCUT2D eigenvalue weighted by Gasteiger charge is 2.09. The molecule has 0 radical (unpaired) electrons. The smallest absolute Gasteiger partial charge is 0.328 e. The standard InChI is InChI=1S/C12H16N6O/c1-4-14-10-15-11(18(2)3)17-12(16-10)19-9-6-5-7-13-8-9/h5-8H,4H2,1-3H3,(H,14,15,16,17). The molecular formula is C12H16N6O. The lowest BCUT2D eigenvalue weighted by molar-refractivity contribution is 0.438. The molecule has 2 heterocycles. The summed E-state index contributed by atoms with van der Waals surface area (Å²) in [6.07, 6.45) is 3.28. The average molecular weight is 260 g/mol. The number of aromatic nitrogens is 4. The summed E-state index contributed by atoms with van der Waals surface area (Å²) in [5.41, 5.74) is 0. The van der Waals surface area contributed by atoms with E-state index in [1.165, 1.54) is 0 Å². The molecule has 0 aliphatic rings. The molecule has 0 saturated carbocycles. The number of hydrogen-bond acceptors (Lipinski definition) is 7. The monoisotopic (exact) mass is 260 g/mol. The summed E-state index contributed by atoms with van der Waals surface area (Å²) in [6, 6.07) is 3.82. The van der Waals surface area contributed by atoms with Gasteiger partial charge in [0.2, 0.25) is 11.9 Å². The molecule has 2 aromatic heterocycles. The van der Waals surface area contributed by atoms with Gasteiger partial charge in [-0.3, -0.25) is 4.98 Å². The van der Waals surface area contributed by atoms with Crippen molar-refractivity contribution in [3.63, 3.8) is 0 Å². The van der Waals surface area contributed by atoms with E-state index in [2.05, 4.69) is 25.3 Å². The maximum absolute atomic E-state index is 5.56. The number of hydrogen-bond donors (Lipinski definition) is 1. The molecule has 0 aromatic carbocycles. The third-order valence-electron chi connectivity index (χ3n) is 2.18. The average Bonchev–Trinajstić information content (AvgIpc) is 2.40. The maximum atomic E-state index is 5.56. The summed E-state index contributed by atoms with van der Waals surface area (Å²) >= 11 is 0. The highest BCUT2D eigenvalue weighted by Crippen LogP contribution is 2.19. The third kappa shape index (κ3) is 3.51. The van der Waals surface area contributed by atoms with Crippen LogP contribution in [0.3, 0.4) is 0 Å². The minimum absolute atomic E-state index is 0.239. The molecule has 19 heavy (non-hydrogen) atoms. The molecule has 2 rings (SSSR count). The van der Waals surface area contributed by atoms with Crippen LogP contribution < -0.4 is 15.0 Å². The Morgan fingerprint density at radius 1 is 1.26 bits per heavy atom. The van der Waals surface area contributed by atoms with Crippen molar-refractivity contribution in [1.82, 2.24) is 19.9 Å². The van der Waals surface area contributed by atoms with Crippen molar-refractivity contribution in [1.29, 1.82) is 0 Å². The van der Waals surface area contributed by atoms with Gasteiger partial charge in [-0.15, -0.1) is 0 Å². The minimum Gasteiger partial charge on any atom is -0.422 e. The van der Waals surface area contributed by atoms with Gasteiger partial charge in [0.25, 0.3) is 0 Å². The molecule has 7 heteroatoms. The van der Waals surface area contributed by atoms with Crippen molar-refractivity contribution in [2.75, 3.05) is 30.9 Å². The molecule has 0 amide bonds. The van der Waals surface area contributed by atoms with Gasteiger partial charge < -0.3 is 15.0 Å². The second-order valence-corrected chi connectivity index (χ2v) is 3.96. The van der Waals surface area contributed by atoms with Crippen LogP contribution in [-0.4, -0.2) is 40.6 Å². The quantitative estimate of drug-likeness (QED) is 0.874. The number of rotatable bonds is 5. The first-order valence-electron chi connectivity index (χ1n) is 5.94. The van der Waals surface area contributed by atoms with Crippen molar-refractivity contribution >= 4 is 11.9 Å². The second-order valence-electron chi connectivity index (χ2n) is 3.96. The number of nitrogens with one attached hydrogen (secondary N) is 1. The number of ether oxygens (including phenoxy) is 1. The molecule has 100 valence electrons. The Labute approximate surface area is 111 Å². The van der Waals surface area contributed by atoms with E-state index in [-0.39, 0.29) is 6.01 Å². The Balaban J connectivity index is 2.28. The Kier molecular flexibility index (Phi) is 4.07. The van der Waals surface area contributed by atoms with Crippen LogP contribution in [0.5, 0.6) is 11.8 Å². The Morgan fingerprint density at radius 2 is 2.11 bits per heavy atom. The van der Waals surface area contributed by atoms with E-state index in [1.54, 1.807) is 29.4 Å². The van der Waals surface area contributed by atoms with Crippen molar-refractivity contribution in [2.24, 2.45) is 0 Å². The molecule has 0 spiro atoms. The predicted molar refractivity (Wildman–Crippen MR) is 72.6 cm³/mol. The molecule has 0 bridgehead atoms. The summed E-state index contributed by atoms with van der Waals surface area (Å²) in [5, 5.41) is 3.04. The zero-order valence-electron chi connectivity index (χ0n) is 11.2. The topological polar surface area (TPSA) is 76.1 Å². The second kappa shape index (κ2) is 5.94. The molecule has 7 nitrogen and oxygen atoms in total. The van der Waals surface area contributed by atoms with Crippen LogP contribution in [0.2, 0.25) is 0 Å². The molecule has 0 fully saturated rings. The van der Waals surface area contributed by atoms with E-state index in [1.807, 2.05) is 21.0 Å². The molecule has 0 atom stereocenters. The summed E-state index contributed by atoms with van der Waals surface area (Å²) < 4.78 is 5.56. The Hall–Kier alpha value is -2.44. The van der Waals surface area contributed by atoms with Crippen LogP contribution in [0.25, 0.3) is 0 Å². The first kappa shape index (κ1) is 13.0. The molecule has 0 aliphatic carbocycles. The van der Waals surface area contributed by atoms with Gasteiger partial charge in [0.15, 0.2) is 0 Å². The van der Waals surface area contributed by atoms with Gasteiger partial charge in [-0.2, -0.15) is 15.0 Å². The van der Waals surface area contributed by atoms with Gasteiger partial charge in [0.1, 0.15) is 5.75 Å². The van der Waals surface area contributed by atoms with Crippen LogP contribution in [0.1, 0.15) is 6.92 Å². The predicted octanol–water partition coefficient (Wildman–Crippen LogP) is 1.56. The van der Waals surface area contributed by atoms with E-state index in [0.717, 1.165) is 6.54 Å². The van der Waals surface area contributed by atoms with Crippen LogP contribution in [-0.2, 0) is 0 Å². The fourth-order valence-electron chi connectivity index (χ4n) is 1.34. The van der Waals surface area contributed by atoms with Crippen molar-refractivity contribution < 1.29 is 4.74 Å². The molecule has 2 aromatic rings. The lowest BCUT2D eigenvalue weighted by Crippen LogP contribution is -2.15. The fraction of sp³-hybridized carbons (Fsp3) is 0.333. The third-order valence-corrected chi connectivity index (χ3v) is 2.18. The molecule has 1 N–H and O–H groups in total. The molecule has 0 aliphatic heterocycles. The lowest BCUT2D eigenvalue weighted by atomic mass is 10.5. The highest BCUT2D eigenvalue weighted by molar-refractivity contribution is 5.37. The minimum atomic E-state index is 0.239. The van der Waals surface area contributed by atoms with Gasteiger partial charge in [0, 0.05) is 26.8 Å². The summed E-state index contributed by atoms with van der Waals surface area (Å²) in [5.74, 6) is 1.60. The highest BCUT2D eigenvalue weighted by atomic mass is 16.5. The van der Waals surface area contributed by atoms with Crippen LogP contribution in [0.4, 0.5) is 11.9 Å². The summed E-state index contributed by atoms with van der Waals surface area (Å²) in [7, 11) is 3.72. The lowest BCUT2D eigenvalue weighted by Gasteiger charge is -2.12. The van der Waals surface area contributed by atoms with Crippen molar-refractivity contribution in [3.8, 4) is 11.8 Å².